The molecule has 0 aromatic carbocycles. The maximum Gasteiger partial charge on any atom is 0.303 e. The first-order valence-corrected chi connectivity index (χ1v) is 6.24. The molecule has 3 N–H and O–H groups in total. The average Bonchev–Trinajstić information content (AvgIpc) is 2.39. The van der Waals surface area contributed by atoms with E-state index in [9.17, 15) is 14.4 Å². The second-order valence-electron chi connectivity index (χ2n) is 4.58. The number of hydrogen-bond donors (Lipinski definition) is 2. The van der Waals surface area contributed by atoms with Gasteiger partial charge in [0.2, 0.25) is 11.8 Å². The molecular formula is C12H23N3O5. The van der Waals surface area contributed by atoms with E-state index in [4.69, 9.17) is 15.6 Å². The average molecular weight is 289 g/mol. The van der Waals surface area contributed by atoms with E-state index in [0.29, 0.717) is 0 Å². The van der Waals surface area contributed by atoms with Crippen molar-refractivity contribution in [1.29, 1.82) is 0 Å². The summed E-state index contributed by atoms with van der Waals surface area (Å²) in [6.45, 7) is 0.406. The lowest BCUT2D eigenvalue weighted by Gasteiger charge is -2.26. The molecule has 0 aliphatic heterocycles. The van der Waals surface area contributed by atoms with E-state index in [1.54, 1.807) is 14.1 Å². The van der Waals surface area contributed by atoms with Crippen molar-refractivity contribution in [3.05, 3.63) is 0 Å². The second kappa shape index (κ2) is 9.27. The Morgan fingerprint density at radius 1 is 1.30 bits per heavy atom. The summed E-state index contributed by atoms with van der Waals surface area (Å²) in [6, 6.07) is -0.932. The summed E-state index contributed by atoms with van der Waals surface area (Å²) in [4.78, 5) is 36.9. The van der Waals surface area contributed by atoms with Crippen LogP contribution < -0.4 is 5.73 Å². The minimum absolute atomic E-state index is 0.0355. The zero-order valence-corrected chi connectivity index (χ0v) is 12.2. The molecule has 0 aliphatic rings. The number of carbonyl (C=O) groups is 3. The maximum atomic E-state index is 12.1. The molecule has 0 aliphatic carbocycles. The van der Waals surface area contributed by atoms with Gasteiger partial charge in [-0.1, -0.05) is 0 Å². The minimum Gasteiger partial charge on any atom is -0.481 e. The Morgan fingerprint density at radius 2 is 1.90 bits per heavy atom. The van der Waals surface area contributed by atoms with E-state index in [1.165, 1.54) is 16.9 Å². The molecule has 1 unspecified atom stereocenters. The minimum atomic E-state index is -1.01. The van der Waals surface area contributed by atoms with E-state index in [2.05, 4.69) is 0 Å². The zero-order chi connectivity index (χ0) is 15.7. The Kier molecular flexibility index (Phi) is 8.49. The van der Waals surface area contributed by atoms with E-state index >= 15 is 0 Å². The number of nitrogens with two attached hydrogens (primary N) is 1. The van der Waals surface area contributed by atoms with Gasteiger partial charge < -0.3 is 25.4 Å². The summed E-state index contributed by atoms with van der Waals surface area (Å²) in [5.74, 6) is -1.69. The van der Waals surface area contributed by atoms with Crippen LogP contribution in [0.4, 0.5) is 0 Å². The fourth-order valence-corrected chi connectivity index (χ4v) is 1.41. The predicted molar refractivity (Wildman–Crippen MR) is 72.0 cm³/mol. The van der Waals surface area contributed by atoms with Gasteiger partial charge in [0.05, 0.1) is 19.2 Å². The van der Waals surface area contributed by atoms with Crippen LogP contribution in [0.1, 0.15) is 12.8 Å². The van der Waals surface area contributed by atoms with Gasteiger partial charge in [-0.05, 0) is 6.42 Å². The first-order valence-electron chi connectivity index (χ1n) is 6.24. The number of aliphatic carboxylic acids is 1. The highest BCUT2D eigenvalue weighted by Gasteiger charge is 2.23. The molecule has 0 spiro atoms. The Balaban J connectivity index is 4.61. The number of carbonyl (C=O) groups excluding carboxylic acids is 2. The summed E-state index contributed by atoms with van der Waals surface area (Å²) < 4.78 is 4.89. The molecule has 116 valence electrons. The fourth-order valence-electron chi connectivity index (χ4n) is 1.41. The van der Waals surface area contributed by atoms with Crippen molar-refractivity contribution < 1.29 is 24.2 Å². The molecule has 0 heterocycles. The lowest BCUT2D eigenvalue weighted by Crippen LogP contribution is -2.48. The summed E-state index contributed by atoms with van der Waals surface area (Å²) in [5, 5.41) is 8.58. The second-order valence-corrected chi connectivity index (χ2v) is 4.58. The molecule has 0 radical (unpaired) electrons. The number of amides is 2. The number of nitrogens with zero attached hydrogens (tertiary/aromatic N) is 2. The molecule has 0 saturated carbocycles. The van der Waals surface area contributed by atoms with Gasteiger partial charge in [0.1, 0.15) is 0 Å². The van der Waals surface area contributed by atoms with Crippen LogP contribution in [0.3, 0.4) is 0 Å². The van der Waals surface area contributed by atoms with Crippen LogP contribution in [0.25, 0.3) is 0 Å². The number of ether oxygens (including phenoxy) is 1. The first kappa shape index (κ1) is 18.3. The fraction of sp³-hybridized carbons (Fsp3) is 0.750. The van der Waals surface area contributed by atoms with Crippen molar-refractivity contribution in [2.24, 2.45) is 5.73 Å². The lowest BCUT2D eigenvalue weighted by molar-refractivity contribution is -0.141. The largest absolute Gasteiger partial charge is 0.481 e. The molecule has 0 aromatic rings. The SMILES string of the molecule is COCCN(CC(=O)N(C)C)C(=O)C(N)CCC(=O)O. The molecule has 0 fully saturated rings. The monoisotopic (exact) mass is 289 g/mol. The van der Waals surface area contributed by atoms with Gasteiger partial charge in [-0.2, -0.15) is 0 Å². The van der Waals surface area contributed by atoms with Gasteiger partial charge in [0.15, 0.2) is 0 Å². The smallest absolute Gasteiger partial charge is 0.303 e. The third kappa shape index (κ3) is 7.05. The third-order valence-electron chi connectivity index (χ3n) is 2.69. The van der Waals surface area contributed by atoms with Crippen LogP contribution in [0.5, 0.6) is 0 Å². The van der Waals surface area contributed by atoms with Crippen molar-refractivity contribution in [3.63, 3.8) is 0 Å². The van der Waals surface area contributed by atoms with E-state index < -0.39 is 17.9 Å². The number of likely N-dealkylation sites (N-methyl/N-ethyl adjacent to an activating group) is 1. The number of hydrogen-bond acceptors (Lipinski definition) is 5. The van der Waals surface area contributed by atoms with Crippen LogP contribution in [0.2, 0.25) is 0 Å². The molecule has 8 heteroatoms. The van der Waals surface area contributed by atoms with Gasteiger partial charge in [0.25, 0.3) is 0 Å². The molecule has 0 bridgehead atoms. The summed E-state index contributed by atoms with van der Waals surface area (Å²) in [5.41, 5.74) is 5.67. The Labute approximate surface area is 118 Å². The summed E-state index contributed by atoms with van der Waals surface area (Å²) >= 11 is 0. The van der Waals surface area contributed by atoms with E-state index in [0.717, 1.165) is 0 Å². The number of rotatable bonds is 9. The zero-order valence-electron chi connectivity index (χ0n) is 12.2. The third-order valence-corrected chi connectivity index (χ3v) is 2.69. The molecule has 0 aromatic heterocycles. The number of carboxylic acids is 1. The molecule has 1 atom stereocenters. The van der Waals surface area contributed by atoms with E-state index in [1.807, 2.05) is 0 Å². The van der Waals surface area contributed by atoms with Gasteiger partial charge in [0, 0.05) is 34.2 Å². The predicted octanol–water partition coefficient (Wildman–Crippen LogP) is -1.26. The van der Waals surface area contributed by atoms with Crippen LogP contribution >= 0.6 is 0 Å². The van der Waals surface area contributed by atoms with Crippen molar-refractivity contribution in [1.82, 2.24) is 9.80 Å². The van der Waals surface area contributed by atoms with Crippen LogP contribution in [0.15, 0.2) is 0 Å². The van der Waals surface area contributed by atoms with E-state index in [-0.39, 0.29) is 38.4 Å². The Bertz CT molecular complexity index is 346. The van der Waals surface area contributed by atoms with Gasteiger partial charge in [-0.3, -0.25) is 14.4 Å². The Morgan fingerprint density at radius 3 is 2.35 bits per heavy atom. The normalized spacial score (nSPS) is 11.8. The highest BCUT2D eigenvalue weighted by Crippen LogP contribution is 2.02. The number of methoxy groups -OCH3 is 1. The van der Waals surface area contributed by atoms with Crippen LogP contribution in [-0.2, 0) is 19.1 Å². The highest BCUT2D eigenvalue weighted by atomic mass is 16.5. The van der Waals surface area contributed by atoms with Gasteiger partial charge >= 0.3 is 5.97 Å². The molecule has 8 nitrogen and oxygen atoms in total. The Hall–Kier alpha value is -1.67. The first-order chi connectivity index (χ1) is 9.29. The molecule has 0 saturated heterocycles. The van der Waals surface area contributed by atoms with Gasteiger partial charge in [-0.15, -0.1) is 0 Å². The van der Waals surface area contributed by atoms with Gasteiger partial charge in [-0.25, -0.2) is 0 Å². The van der Waals surface area contributed by atoms with Crippen molar-refractivity contribution in [2.75, 3.05) is 40.9 Å². The van der Waals surface area contributed by atoms with Crippen LogP contribution in [-0.4, -0.2) is 79.6 Å². The summed E-state index contributed by atoms with van der Waals surface area (Å²) in [6.07, 6.45) is -0.152. The van der Waals surface area contributed by atoms with Crippen molar-refractivity contribution in [3.8, 4) is 0 Å². The molecule has 20 heavy (non-hydrogen) atoms. The van der Waals surface area contributed by atoms with Crippen LogP contribution in [0, 0.1) is 0 Å². The highest BCUT2D eigenvalue weighted by molar-refractivity contribution is 5.87. The standard InChI is InChI=1S/C12H23N3O5/c1-14(2)10(16)8-15(6-7-20-3)12(19)9(13)4-5-11(17)18/h9H,4-8,13H2,1-3H3,(H,17,18). The van der Waals surface area contributed by atoms with Crippen molar-refractivity contribution >= 4 is 17.8 Å². The quantitative estimate of drug-likeness (QED) is 0.548. The topological polar surface area (TPSA) is 113 Å². The lowest BCUT2D eigenvalue weighted by atomic mass is 10.1. The summed E-state index contributed by atoms with van der Waals surface area (Å²) in [7, 11) is 4.66. The van der Waals surface area contributed by atoms with Crippen molar-refractivity contribution in [2.45, 2.75) is 18.9 Å². The molecular weight excluding hydrogens is 266 g/mol. The number of carboxylic acid groups (broad SMARTS) is 1. The maximum absolute atomic E-state index is 12.1. The molecule has 2 amide bonds. The molecule has 0 rings (SSSR count).